The summed E-state index contributed by atoms with van der Waals surface area (Å²) in [5.74, 6) is 0.0886. The third-order valence-corrected chi connectivity index (χ3v) is 7.07. The van der Waals surface area contributed by atoms with Gasteiger partial charge in [-0.15, -0.1) is 0 Å². The summed E-state index contributed by atoms with van der Waals surface area (Å²) in [5, 5.41) is 8.04. The number of hydrogen-bond acceptors (Lipinski definition) is 3. The highest BCUT2D eigenvalue weighted by atomic mass is 79.9. The van der Waals surface area contributed by atoms with E-state index in [4.69, 9.17) is 4.74 Å². The summed E-state index contributed by atoms with van der Waals surface area (Å²) >= 11 is 3.56. The quantitative estimate of drug-likeness (QED) is 0.281. The summed E-state index contributed by atoms with van der Waals surface area (Å²) in [6.45, 7) is 0.771. The van der Waals surface area contributed by atoms with Crippen LogP contribution in [0.3, 0.4) is 0 Å². The van der Waals surface area contributed by atoms with Crippen molar-refractivity contribution in [3.63, 3.8) is 0 Å². The van der Waals surface area contributed by atoms with Crippen molar-refractivity contribution in [2.24, 2.45) is 7.05 Å². The third-order valence-electron chi connectivity index (χ3n) is 6.51. The van der Waals surface area contributed by atoms with E-state index in [-0.39, 0.29) is 11.8 Å². The highest BCUT2D eigenvalue weighted by Crippen LogP contribution is 2.44. The SMILES string of the molecule is COc1ccc2c3c4c(c5c(ccc6ccn(C)c65)c3n(CCCBr)c2c1)C(=O)NC4=O. The van der Waals surface area contributed by atoms with E-state index in [0.29, 0.717) is 11.1 Å². The number of aryl methyl sites for hydroxylation is 2. The van der Waals surface area contributed by atoms with Crippen LogP contribution in [0.15, 0.2) is 42.6 Å². The maximum atomic E-state index is 13.1. The zero-order valence-corrected chi connectivity index (χ0v) is 19.2. The van der Waals surface area contributed by atoms with Crippen molar-refractivity contribution in [3.8, 4) is 5.75 Å². The second-order valence-electron chi connectivity index (χ2n) is 8.19. The van der Waals surface area contributed by atoms with Gasteiger partial charge in [-0.25, -0.2) is 0 Å². The van der Waals surface area contributed by atoms with Crippen molar-refractivity contribution in [1.82, 2.24) is 14.5 Å². The molecule has 5 aromatic rings. The molecular formula is C25H20BrN3O3. The highest BCUT2D eigenvalue weighted by molar-refractivity contribution is 9.09. The first-order valence-electron chi connectivity index (χ1n) is 10.5. The summed E-state index contributed by atoms with van der Waals surface area (Å²) in [5.41, 5.74) is 3.88. The number of ether oxygens (including phenoxy) is 1. The van der Waals surface area contributed by atoms with Crippen LogP contribution >= 0.6 is 15.9 Å². The second kappa shape index (κ2) is 6.84. The second-order valence-corrected chi connectivity index (χ2v) is 8.98. The van der Waals surface area contributed by atoms with Crippen molar-refractivity contribution in [1.29, 1.82) is 0 Å². The van der Waals surface area contributed by atoms with Crippen LogP contribution in [0.2, 0.25) is 0 Å². The van der Waals surface area contributed by atoms with Gasteiger partial charge >= 0.3 is 0 Å². The van der Waals surface area contributed by atoms with Gasteiger partial charge in [0.2, 0.25) is 0 Å². The average Bonchev–Trinajstić information content (AvgIpc) is 3.43. The molecule has 1 aliphatic heterocycles. The molecule has 0 saturated carbocycles. The number of benzene rings is 3. The first kappa shape index (κ1) is 19.4. The van der Waals surface area contributed by atoms with Crippen molar-refractivity contribution < 1.29 is 14.3 Å². The maximum absolute atomic E-state index is 13.1. The van der Waals surface area contributed by atoms with E-state index < -0.39 is 0 Å². The van der Waals surface area contributed by atoms with Crippen LogP contribution in [0.1, 0.15) is 27.1 Å². The minimum Gasteiger partial charge on any atom is -0.497 e. The van der Waals surface area contributed by atoms with E-state index in [1.165, 1.54) is 0 Å². The number of fused-ring (bicyclic) bond motifs is 10. The van der Waals surface area contributed by atoms with E-state index in [9.17, 15) is 9.59 Å². The fourth-order valence-corrected chi connectivity index (χ4v) is 5.46. The Hall–Kier alpha value is -3.32. The normalized spacial score (nSPS) is 13.6. The van der Waals surface area contributed by atoms with E-state index in [1.54, 1.807) is 7.11 Å². The predicted molar refractivity (Wildman–Crippen MR) is 130 cm³/mol. The molecule has 7 heteroatoms. The molecule has 0 bridgehead atoms. The van der Waals surface area contributed by atoms with Crippen LogP contribution in [0.25, 0.3) is 43.5 Å². The molecule has 2 aromatic heterocycles. The molecule has 6 nitrogen and oxygen atoms in total. The zero-order valence-electron chi connectivity index (χ0n) is 17.7. The van der Waals surface area contributed by atoms with Gasteiger partial charge in [-0.05, 0) is 24.6 Å². The van der Waals surface area contributed by atoms with Gasteiger partial charge < -0.3 is 13.9 Å². The lowest BCUT2D eigenvalue weighted by Gasteiger charge is -2.13. The predicted octanol–water partition coefficient (Wildman–Crippen LogP) is 5.12. The van der Waals surface area contributed by atoms with E-state index in [2.05, 4.69) is 37.9 Å². The molecule has 3 heterocycles. The molecule has 1 N–H and O–H groups in total. The Labute approximate surface area is 191 Å². The number of amides is 2. The number of carbonyl (C=O) groups is 2. The standard InChI is InChI=1S/C25H20BrN3O3/c1-28-11-8-13-4-6-16-19(22(13)28)21-20(24(30)27-25(21)31)18-15-7-5-14(32-2)12-17(15)29(23(16)18)10-3-9-26/h4-8,11-12H,3,9-10H2,1-2H3,(H,27,30,31). The van der Waals surface area contributed by atoms with Crippen LogP contribution < -0.4 is 10.1 Å². The first-order valence-corrected chi connectivity index (χ1v) is 11.6. The van der Waals surface area contributed by atoms with Gasteiger partial charge in [0, 0.05) is 58.1 Å². The molecule has 0 atom stereocenters. The molecule has 0 aliphatic carbocycles. The molecule has 0 radical (unpaired) electrons. The zero-order chi connectivity index (χ0) is 22.1. The summed E-state index contributed by atoms with van der Waals surface area (Å²) < 4.78 is 9.79. The number of imide groups is 1. The minimum absolute atomic E-state index is 0.333. The smallest absolute Gasteiger partial charge is 0.259 e. The van der Waals surface area contributed by atoms with Crippen LogP contribution in [0.5, 0.6) is 5.75 Å². The van der Waals surface area contributed by atoms with Gasteiger partial charge in [-0.1, -0.05) is 28.1 Å². The molecule has 160 valence electrons. The first-order chi connectivity index (χ1) is 15.5. The fraction of sp³-hybridized carbons (Fsp3) is 0.200. The molecule has 1 aliphatic rings. The fourth-order valence-electron chi connectivity index (χ4n) is 5.21. The van der Waals surface area contributed by atoms with Gasteiger partial charge in [-0.2, -0.15) is 0 Å². The summed E-state index contributed by atoms with van der Waals surface area (Å²) in [7, 11) is 3.62. The number of alkyl halides is 1. The van der Waals surface area contributed by atoms with Gasteiger partial charge in [0.25, 0.3) is 11.8 Å². The van der Waals surface area contributed by atoms with Gasteiger partial charge in [0.05, 0.1) is 34.8 Å². The largest absolute Gasteiger partial charge is 0.497 e. The number of hydrogen-bond donors (Lipinski definition) is 1. The number of nitrogens with zero attached hydrogens (tertiary/aromatic N) is 2. The van der Waals surface area contributed by atoms with Crippen molar-refractivity contribution in [2.45, 2.75) is 13.0 Å². The van der Waals surface area contributed by atoms with Crippen molar-refractivity contribution in [2.75, 3.05) is 12.4 Å². The minimum atomic E-state index is -0.335. The Bertz CT molecular complexity index is 1630. The molecule has 0 unspecified atom stereocenters. The lowest BCUT2D eigenvalue weighted by atomic mass is 9.93. The maximum Gasteiger partial charge on any atom is 0.259 e. The van der Waals surface area contributed by atoms with Gasteiger partial charge in [0.15, 0.2) is 0 Å². The number of carbonyl (C=O) groups excluding carboxylic acids is 2. The number of nitrogens with one attached hydrogen (secondary N) is 1. The van der Waals surface area contributed by atoms with E-state index in [1.807, 2.05) is 42.1 Å². The highest BCUT2D eigenvalue weighted by Gasteiger charge is 2.35. The molecule has 2 amide bonds. The Morgan fingerprint density at radius 3 is 2.41 bits per heavy atom. The Morgan fingerprint density at radius 1 is 0.969 bits per heavy atom. The molecule has 3 aromatic carbocycles. The van der Waals surface area contributed by atoms with Crippen LogP contribution in [-0.4, -0.2) is 33.4 Å². The molecule has 0 fully saturated rings. The molecule has 0 spiro atoms. The number of rotatable bonds is 4. The van der Waals surface area contributed by atoms with Gasteiger partial charge in [-0.3, -0.25) is 14.9 Å². The third kappa shape index (κ3) is 2.40. The summed E-state index contributed by atoms with van der Waals surface area (Å²) in [6.07, 6.45) is 2.91. The monoisotopic (exact) mass is 489 g/mol. The molecule has 32 heavy (non-hydrogen) atoms. The lowest BCUT2D eigenvalue weighted by Crippen LogP contribution is -2.20. The van der Waals surface area contributed by atoms with Crippen LogP contribution in [-0.2, 0) is 13.6 Å². The van der Waals surface area contributed by atoms with Crippen molar-refractivity contribution >= 4 is 71.2 Å². The van der Waals surface area contributed by atoms with Gasteiger partial charge in [0.1, 0.15) is 5.75 Å². The Morgan fingerprint density at radius 2 is 1.69 bits per heavy atom. The van der Waals surface area contributed by atoms with E-state index in [0.717, 1.165) is 67.5 Å². The number of aromatic nitrogens is 2. The lowest BCUT2D eigenvalue weighted by molar-refractivity contribution is 0.0880. The molecule has 0 saturated heterocycles. The number of halogens is 1. The average molecular weight is 490 g/mol. The topological polar surface area (TPSA) is 65.3 Å². The summed E-state index contributed by atoms with van der Waals surface area (Å²) in [4.78, 5) is 26.2. The Kier molecular flexibility index (Phi) is 4.14. The molecule has 6 rings (SSSR count). The molecular weight excluding hydrogens is 470 g/mol. The number of methoxy groups -OCH3 is 1. The Balaban J connectivity index is 1.94. The van der Waals surface area contributed by atoms with Crippen LogP contribution in [0.4, 0.5) is 0 Å². The van der Waals surface area contributed by atoms with E-state index >= 15 is 0 Å². The van der Waals surface area contributed by atoms with Crippen LogP contribution in [0, 0.1) is 0 Å². The summed E-state index contributed by atoms with van der Waals surface area (Å²) in [6, 6.07) is 12.1. The van der Waals surface area contributed by atoms with Crippen molar-refractivity contribution in [3.05, 3.63) is 53.7 Å².